The van der Waals surface area contributed by atoms with Gasteiger partial charge in [-0.3, -0.25) is 0 Å². The normalized spacial score (nSPS) is 10.2. The predicted molar refractivity (Wildman–Crippen MR) is 91.7 cm³/mol. The minimum atomic E-state index is -0.565. The zero-order valence-corrected chi connectivity index (χ0v) is 14.9. The second kappa shape index (κ2) is 8.13. The van der Waals surface area contributed by atoms with Crippen LogP contribution in [0.2, 0.25) is 10.0 Å². The Labute approximate surface area is 150 Å². The summed E-state index contributed by atoms with van der Waals surface area (Å²) in [5.74, 6) is 0.551. The molecule has 0 unspecified atom stereocenters. The highest BCUT2D eigenvalue weighted by Crippen LogP contribution is 2.38. The smallest absolute Gasteiger partial charge is 0.338 e. The van der Waals surface area contributed by atoms with Gasteiger partial charge < -0.3 is 18.9 Å². The van der Waals surface area contributed by atoms with Crippen LogP contribution in [0.4, 0.5) is 0 Å². The van der Waals surface area contributed by atoms with Crippen LogP contribution < -0.4 is 14.2 Å². The van der Waals surface area contributed by atoms with Crippen molar-refractivity contribution < 1.29 is 23.7 Å². The number of benzene rings is 2. The van der Waals surface area contributed by atoms with Gasteiger partial charge in [0.05, 0.1) is 26.9 Å². The molecule has 7 heteroatoms. The van der Waals surface area contributed by atoms with Crippen LogP contribution in [0.3, 0.4) is 0 Å². The van der Waals surface area contributed by atoms with E-state index < -0.39 is 5.97 Å². The first-order valence-corrected chi connectivity index (χ1v) is 7.67. The van der Waals surface area contributed by atoms with Crippen LogP contribution in [0.1, 0.15) is 15.9 Å². The molecule has 0 aliphatic carbocycles. The first kappa shape index (κ1) is 18.2. The predicted octanol–water partition coefficient (Wildman–Crippen LogP) is 4.38. The number of methoxy groups -OCH3 is 3. The molecule has 2 aromatic carbocycles. The second-order valence-electron chi connectivity index (χ2n) is 4.69. The lowest BCUT2D eigenvalue weighted by molar-refractivity contribution is 0.0472. The molecule has 0 N–H and O–H groups in total. The van der Waals surface area contributed by atoms with Crippen molar-refractivity contribution in [3.05, 3.63) is 51.5 Å². The van der Waals surface area contributed by atoms with Crippen LogP contribution in [0, 0.1) is 0 Å². The summed E-state index contributed by atoms with van der Waals surface area (Å²) in [6.07, 6.45) is 0. The molecular formula is C17H16Cl2O5. The van der Waals surface area contributed by atoms with E-state index in [4.69, 9.17) is 42.1 Å². The quantitative estimate of drug-likeness (QED) is 0.706. The topological polar surface area (TPSA) is 54.0 Å². The maximum Gasteiger partial charge on any atom is 0.338 e. The van der Waals surface area contributed by atoms with Gasteiger partial charge in [-0.05, 0) is 24.3 Å². The maximum absolute atomic E-state index is 12.3. The number of hydrogen-bond donors (Lipinski definition) is 0. The molecular weight excluding hydrogens is 355 g/mol. The Bertz CT molecular complexity index is 701. The van der Waals surface area contributed by atoms with E-state index >= 15 is 0 Å². The maximum atomic E-state index is 12.3. The van der Waals surface area contributed by atoms with Crippen LogP contribution >= 0.6 is 23.2 Å². The molecule has 0 atom stereocenters. The molecule has 0 fully saturated rings. The molecule has 0 bridgehead atoms. The highest BCUT2D eigenvalue weighted by Gasteiger charge is 2.18. The fraction of sp³-hybridized carbons (Fsp3) is 0.235. The summed E-state index contributed by atoms with van der Waals surface area (Å²) < 4.78 is 20.9. The van der Waals surface area contributed by atoms with Crippen LogP contribution in [0.5, 0.6) is 17.2 Å². The van der Waals surface area contributed by atoms with Crippen LogP contribution in [-0.4, -0.2) is 27.3 Å². The van der Waals surface area contributed by atoms with Gasteiger partial charge in [-0.2, -0.15) is 0 Å². The third-order valence-corrected chi connectivity index (χ3v) is 4.02. The minimum absolute atomic E-state index is 0.0476. The largest absolute Gasteiger partial charge is 0.493 e. The number of halogens is 2. The van der Waals surface area contributed by atoms with Gasteiger partial charge in [-0.15, -0.1) is 0 Å². The molecule has 0 radical (unpaired) electrons. The first-order valence-electron chi connectivity index (χ1n) is 6.91. The number of ether oxygens (including phenoxy) is 4. The van der Waals surface area contributed by atoms with Crippen molar-refractivity contribution in [1.82, 2.24) is 0 Å². The molecule has 0 spiro atoms. The fourth-order valence-corrected chi connectivity index (χ4v) is 2.60. The average molecular weight is 371 g/mol. The number of esters is 1. The number of hydrogen-bond acceptors (Lipinski definition) is 5. The Balaban J connectivity index is 2.24. The Kier molecular flexibility index (Phi) is 6.17. The van der Waals surface area contributed by atoms with Crippen molar-refractivity contribution in [2.45, 2.75) is 6.61 Å². The van der Waals surface area contributed by atoms with E-state index in [9.17, 15) is 4.79 Å². The number of rotatable bonds is 6. The van der Waals surface area contributed by atoms with Gasteiger partial charge in [0.15, 0.2) is 11.5 Å². The third kappa shape index (κ3) is 3.86. The van der Waals surface area contributed by atoms with Crippen molar-refractivity contribution in [2.75, 3.05) is 21.3 Å². The minimum Gasteiger partial charge on any atom is -0.493 e. The van der Waals surface area contributed by atoms with Crippen LogP contribution in [0.25, 0.3) is 0 Å². The Morgan fingerprint density at radius 1 is 0.958 bits per heavy atom. The first-order chi connectivity index (χ1) is 11.5. The summed E-state index contributed by atoms with van der Waals surface area (Å²) in [4.78, 5) is 12.3. The van der Waals surface area contributed by atoms with E-state index in [1.807, 2.05) is 0 Å². The van der Waals surface area contributed by atoms with Gasteiger partial charge in [0.25, 0.3) is 0 Å². The van der Waals surface area contributed by atoms with Gasteiger partial charge in [-0.25, -0.2) is 4.79 Å². The lowest BCUT2D eigenvalue weighted by Gasteiger charge is -2.14. The lowest BCUT2D eigenvalue weighted by Crippen LogP contribution is -2.07. The van der Waals surface area contributed by atoms with Crippen molar-refractivity contribution in [2.24, 2.45) is 0 Å². The van der Waals surface area contributed by atoms with E-state index in [0.717, 1.165) is 0 Å². The summed E-state index contributed by atoms with van der Waals surface area (Å²) in [6, 6.07) is 8.09. The standard InChI is InChI=1S/C17H16Cl2O5/c1-21-14-7-10(8-15(22-2)16(14)23-3)17(20)24-9-11-12(18)5-4-6-13(11)19/h4-8H,9H2,1-3H3. The molecule has 0 aromatic heterocycles. The van der Waals surface area contributed by atoms with E-state index in [1.54, 1.807) is 18.2 Å². The van der Waals surface area contributed by atoms with Crippen molar-refractivity contribution in [3.63, 3.8) is 0 Å². The van der Waals surface area contributed by atoms with E-state index in [0.29, 0.717) is 32.9 Å². The molecule has 0 saturated heterocycles. The van der Waals surface area contributed by atoms with Crippen molar-refractivity contribution in [1.29, 1.82) is 0 Å². The summed E-state index contributed by atoms with van der Waals surface area (Å²) in [5, 5.41) is 0.861. The Hall–Kier alpha value is -2.11. The second-order valence-corrected chi connectivity index (χ2v) is 5.50. The number of carbonyl (C=O) groups excluding carboxylic acids is 1. The van der Waals surface area contributed by atoms with Gasteiger partial charge in [0, 0.05) is 15.6 Å². The molecule has 24 heavy (non-hydrogen) atoms. The average Bonchev–Trinajstić information content (AvgIpc) is 2.59. The van der Waals surface area contributed by atoms with Gasteiger partial charge in [-0.1, -0.05) is 29.3 Å². The lowest BCUT2D eigenvalue weighted by atomic mass is 10.2. The monoisotopic (exact) mass is 370 g/mol. The molecule has 0 aliphatic heterocycles. The molecule has 5 nitrogen and oxygen atoms in total. The van der Waals surface area contributed by atoms with Gasteiger partial charge in [0.1, 0.15) is 6.61 Å². The summed E-state index contributed by atoms with van der Waals surface area (Å²) in [5.41, 5.74) is 0.800. The van der Waals surface area contributed by atoms with Gasteiger partial charge in [0.2, 0.25) is 5.75 Å². The summed E-state index contributed by atoms with van der Waals surface area (Å²) in [7, 11) is 4.42. The zero-order valence-electron chi connectivity index (χ0n) is 13.4. The molecule has 2 rings (SSSR count). The van der Waals surface area contributed by atoms with Gasteiger partial charge >= 0.3 is 5.97 Å². The Morgan fingerprint density at radius 2 is 1.50 bits per heavy atom. The molecule has 0 aliphatic rings. The summed E-state index contributed by atoms with van der Waals surface area (Å²) in [6.45, 7) is -0.0476. The van der Waals surface area contributed by atoms with Crippen molar-refractivity contribution in [3.8, 4) is 17.2 Å². The zero-order chi connectivity index (χ0) is 17.7. The van der Waals surface area contributed by atoms with E-state index in [-0.39, 0.29) is 12.2 Å². The van der Waals surface area contributed by atoms with E-state index in [2.05, 4.69) is 0 Å². The molecule has 0 amide bonds. The molecule has 128 valence electrons. The van der Waals surface area contributed by atoms with E-state index in [1.165, 1.54) is 33.5 Å². The fourth-order valence-electron chi connectivity index (χ4n) is 2.09. The SMILES string of the molecule is COc1cc(C(=O)OCc2c(Cl)cccc2Cl)cc(OC)c1OC. The third-order valence-electron chi connectivity index (χ3n) is 3.31. The van der Waals surface area contributed by atoms with Crippen molar-refractivity contribution >= 4 is 29.2 Å². The Morgan fingerprint density at radius 3 is 1.96 bits per heavy atom. The molecule has 0 heterocycles. The highest BCUT2D eigenvalue weighted by molar-refractivity contribution is 6.35. The molecule has 2 aromatic rings. The van der Waals surface area contributed by atoms with Crippen LogP contribution in [0.15, 0.2) is 30.3 Å². The molecule has 0 saturated carbocycles. The van der Waals surface area contributed by atoms with Crippen LogP contribution in [-0.2, 0) is 11.3 Å². The summed E-state index contributed by atoms with van der Waals surface area (Å²) >= 11 is 12.1. The highest BCUT2D eigenvalue weighted by atomic mass is 35.5. The number of carbonyl (C=O) groups is 1.